The van der Waals surface area contributed by atoms with Crippen molar-refractivity contribution in [1.29, 1.82) is 0 Å². The van der Waals surface area contributed by atoms with Crippen LogP contribution in [0.15, 0.2) is 45.9 Å². The molecule has 0 saturated carbocycles. The molecule has 1 heterocycles. The Labute approximate surface area is 129 Å². The zero-order valence-corrected chi connectivity index (χ0v) is 13.4. The molecule has 0 bridgehead atoms. The van der Waals surface area contributed by atoms with Crippen molar-refractivity contribution < 1.29 is 22.4 Å². The number of benzene rings is 1. The predicted octanol–water partition coefficient (Wildman–Crippen LogP) is 2.20. The van der Waals surface area contributed by atoms with E-state index in [0.29, 0.717) is 5.56 Å². The van der Waals surface area contributed by atoms with Crippen LogP contribution in [0.3, 0.4) is 0 Å². The van der Waals surface area contributed by atoms with Gasteiger partial charge in [-0.05, 0) is 31.2 Å². The smallest absolute Gasteiger partial charge is 0.338 e. The second-order valence-corrected chi connectivity index (χ2v) is 7.03. The molecule has 2 rings (SSSR count). The molecule has 0 radical (unpaired) electrons. The lowest BCUT2D eigenvalue weighted by molar-refractivity contribution is 0.0440. The number of hydrogen-bond acceptors (Lipinski definition) is 5. The summed E-state index contributed by atoms with van der Waals surface area (Å²) >= 11 is 0. The van der Waals surface area contributed by atoms with Gasteiger partial charge in [0.05, 0.1) is 5.56 Å². The molecule has 0 spiro atoms. The lowest BCUT2D eigenvalue weighted by Crippen LogP contribution is -2.21. The van der Waals surface area contributed by atoms with Crippen LogP contribution in [0.2, 0.25) is 0 Å². The van der Waals surface area contributed by atoms with Crippen LogP contribution < -0.4 is 0 Å². The molecule has 2 aromatic rings. The molecule has 118 valence electrons. The quantitative estimate of drug-likeness (QED) is 0.788. The second-order valence-electron chi connectivity index (χ2n) is 4.95. The number of esters is 1. The van der Waals surface area contributed by atoms with Gasteiger partial charge in [0.1, 0.15) is 12.4 Å². The zero-order chi connectivity index (χ0) is 16.3. The van der Waals surface area contributed by atoms with E-state index in [1.54, 1.807) is 12.1 Å². The lowest BCUT2D eigenvalue weighted by atomic mass is 10.1. The Balaban J connectivity index is 2.02. The van der Waals surface area contributed by atoms with Crippen molar-refractivity contribution in [2.45, 2.75) is 18.6 Å². The van der Waals surface area contributed by atoms with E-state index in [1.807, 2.05) is 19.1 Å². The number of furan rings is 1. The van der Waals surface area contributed by atoms with E-state index in [1.165, 1.54) is 26.2 Å². The molecule has 6 nitrogen and oxygen atoms in total. The fourth-order valence-electron chi connectivity index (χ4n) is 1.66. The summed E-state index contributed by atoms with van der Waals surface area (Å²) in [6.07, 6.45) is 0. The van der Waals surface area contributed by atoms with Crippen LogP contribution in [0, 0.1) is 6.92 Å². The fourth-order valence-corrected chi connectivity index (χ4v) is 2.48. The topological polar surface area (TPSA) is 76.8 Å². The van der Waals surface area contributed by atoms with Gasteiger partial charge in [-0.3, -0.25) is 0 Å². The molecule has 22 heavy (non-hydrogen) atoms. The summed E-state index contributed by atoms with van der Waals surface area (Å²) < 4.78 is 35.1. The predicted molar refractivity (Wildman–Crippen MR) is 79.9 cm³/mol. The first-order valence-electron chi connectivity index (χ1n) is 6.56. The summed E-state index contributed by atoms with van der Waals surface area (Å²) in [6, 6.07) is 9.77. The Kier molecular flexibility index (Phi) is 4.68. The Morgan fingerprint density at radius 3 is 2.36 bits per heavy atom. The molecule has 0 fully saturated rings. The van der Waals surface area contributed by atoms with Crippen molar-refractivity contribution >= 4 is 16.0 Å². The molecule has 0 saturated heterocycles. The minimum absolute atomic E-state index is 0.129. The summed E-state index contributed by atoms with van der Waals surface area (Å²) in [5, 5.41) is -0.182. The summed E-state index contributed by atoms with van der Waals surface area (Å²) in [5.41, 5.74) is 1.47. The molecule has 7 heteroatoms. The van der Waals surface area contributed by atoms with Gasteiger partial charge in [0.25, 0.3) is 10.0 Å². The van der Waals surface area contributed by atoms with Gasteiger partial charge < -0.3 is 9.15 Å². The maximum atomic E-state index is 11.9. The van der Waals surface area contributed by atoms with E-state index in [-0.39, 0.29) is 17.5 Å². The average molecular weight is 323 g/mol. The Morgan fingerprint density at radius 1 is 1.14 bits per heavy atom. The highest BCUT2D eigenvalue weighted by Crippen LogP contribution is 2.18. The molecule has 1 aromatic heterocycles. The van der Waals surface area contributed by atoms with Crippen LogP contribution in [0.1, 0.15) is 21.7 Å². The highest BCUT2D eigenvalue weighted by atomic mass is 32.2. The lowest BCUT2D eigenvalue weighted by Gasteiger charge is -2.08. The number of hydrogen-bond donors (Lipinski definition) is 0. The van der Waals surface area contributed by atoms with Gasteiger partial charge in [-0.15, -0.1) is 0 Å². The molecular formula is C15H17NO5S. The Bertz CT molecular complexity index is 759. The normalized spacial score (nSPS) is 11.6. The van der Waals surface area contributed by atoms with Crippen molar-refractivity contribution in [1.82, 2.24) is 4.31 Å². The first-order chi connectivity index (χ1) is 10.3. The van der Waals surface area contributed by atoms with Crippen molar-refractivity contribution in [3.05, 3.63) is 53.3 Å². The standard InChI is InChI=1S/C15H17NO5S/c1-11-4-6-12(7-5-11)15(17)20-10-13-8-9-14(21-13)22(18,19)16(2)3/h4-9H,10H2,1-3H3. The van der Waals surface area contributed by atoms with Gasteiger partial charge in [0.2, 0.25) is 5.09 Å². The zero-order valence-electron chi connectivity index (χ0n) is 12.6. The minimum Gasteiger partial charge on any atom is -0.454 e. The molecule has 0 amide bonds. The molecule has 0 atom stereocenters. The second kappa shape index (κ2) is 6.33. The minimum atomic E-state index is -3.63. The number of nitrogens with zero attached hydrogens (tertiary/aromatic N) is 1. The first-order valence-corrected chi connectivity index (χ1v) is 8.00. The molecular weight excluding hydrogens is 306 g/mol. The molecule has 0 aliphatic heterocycles. The van der Waals surface area contributed by atoms with E-state index < -0.39 is 16.0 Å². The highest BCUT2D eigenvalue weighted by molar-refractivity contribution is 7.88. The average Bonchev–Trinajstić information content (AvgIpc) is 2.95. The molecule has 0 aliphatic carbocycles. The molecule has 1 aromatic carbocycles. The van der Waals surface area contributed by atoms with Crippen molar-refractivity contribution in [2.24, 2.45) is 0 Å². The summed E-state index contributed by atoms with van der Waals surface area (Å²) in [6.45, 7) is 1.79. The summed E-state index contributed by atoms with van der Waals surface area (Å²) in [5.74, 6) is -0.227. The van der Waals surface area contributed by atoms with Crippen molar-refractivity contribution in [2.75, 3.05) is 14.1 Å². The Hall–Kier alpha value is -2.12. The van der Waals surface area contributed by atoms with Crippen LogP contribution in [-0.2, 0) is 21.4 Å². The third-order valence-corrected chi connectivity index (χ3v) is 4.69. The number of rotatable bonds is 5. The molecule has 0 N–H and O–H groups in total. The van der Waals surface area contributed by atoms with E-state index in [2.05, 4.69) is 0 Å². The molecule has 0 unspecified atom stereocenters. The van der Waals surface area contributed by atoms with E-state index in [4.69, 9.17) is 9.15 Å². The van der Waals surface area contributed by atoms with Gasteiger partial charge in [0, 0.05) is 14.1 Å². The SMILES string of the molecule is Cc1ccc(C(=O)OCc2ccc(S(=O)(=O)N(C)C)o2)cc1. The third kappa shape index (κ3) is 3.55. The number of sulfonamides is 1. The van der Waals surface area contributed by atoms with Gasteiger partial charge >= 0.3 is 5.97 Å². The molecule has 0 aliphatic rings. The van der Waals surface area contributed by atoms with E-state index >= 15 is 0 Å². The van der Waals surface area contributed by atoms with E-state index in [9.17, 15) is 13.2 Å². The van der Waals surface area contributed by atoms with Crippen LogP contribution >= 0.6 is 0 Å². The van der Waals surface area contributed by atoms with Crippen molar-refractivity contribution in [3.63, 3.8) is 0 Å². The monoisotopic (exact) mass is 323 g/mol. The maximum Gasteiger partial charge on any atom is 0.338 e. The van der Waals surface area contributed by atoms with Gasteiger partial charge in [-0.2, -0.15) is 0 Å². The maximum absolute atomic E-state index is 11.9. The highest BCUT2D eigenvalue weighted by Gasteiger charge is 2.21. The number of aryl methyl sites for hydroxylation is 1. The van der Waals surface area contributed by atoms with E-state index in [0.717, 1.165) is 9.87 Å². The third-order valence-electron chi connectivity index (χ3n) is 3.00. The van der Waals surface area contributed by atoms with Gasteiger partial charge in [0.15, 0.2) is 0 Å². The summed E-state index contributed by atoms with van der Waals surface area (Å²) in [7, 11) is -0.802. The van der Waals surface area contributed by atoms with Crippen LogP contribution in [-0.4, -0.2) is 32.8 Å². The number of ether oxygens (including phenoxy) is 1. The fraction of sp³-hybridized carbons (Fsp3) is 0.267. The van der Waals surface area contributed by atoms with Gasteiger partial charge in [-0.1, -0.05) is 17.7 Å². The number of carbonyl (C=O) groups is 1. The van der Waals surface area contributed by atoms with Crippen LogP contribution in [0.5, 0.6) is 0 Å². The number of carbonyl (C=O) groups excluding carboxylic acids is 1. The van der Waals surface area contributed by atoms with Gasteiger partial charge in [-0.25, -0.2) is 17.5 Å². The summed E-state index contributed by atoms with van der Waals surface area (Å²) in [4.78, 5) is 11.9. The van der Waals surface area contributed by atoms with Crippen LogP contribution in [0.25, 0.3) is 0 Å². The first kappa shape index (κ1) is 16.3. The Morgan fingerprint density at radius 2 is 1.77 bits per heavy atom. The van der Waals surface area contributed by atoms with Crippen LogP contribution in [0.4, 0.5) is 0 Å². The largest absolute Gasteiger partial charge is 0.454 e. The van der Waals surface area contributed by atoms with Crippen molar-refractivity contribution in [3.8, 4) is 0 Å².